The highest BCUT2D eigenvalue weighted by molar-refractivity contribution is 14.1. The van der Waals surface area contributed by atoms with Crippen LogP contribution in [0.25, 0.3) is 0 Å². The summed E-state index contributed by atoms with van der Waals surface area (Å²) in [6.45, 7) is 5.19. The summed E-state index contributed by atoms with van der Waals surface area (Å²) in [5, 5.41) is 0. The molecule has 0 saturated carbocycles. The van der Waals surface area contributed by atoms with E-state index >= 15 is 0 Å². The predicted molar refractivity (Wildman–Crippen MR) is 45.8 cm³/mol. The van der Waals surface area contributed by atoms with E-state index in [0.29, 0.717) is 0 Å². The molecule has 0 saturated heterocycles. The molecule has 8 heavy (non-hydrogen) atoms. The quantitative estimate of drug-likeness (QED) is 0.388. The van der Waals surface area contributed by atoms with E-state index in [2.05, 4.69) is 39.3 Å². The van der Waals surface area contributed by atoms with Crippen LogP contribution >= 0.6 is 22.6 Å². The molecule has 0 amide bonds. The molecule has 0 aliphatic rings. The number of hydrogen-bond acceptors (Lipinski definition) is 1. The highest BCUT2D eigenvalue weighted by Gasteiger charge is 1.69. The monoisotopic (exact) mass is 222 g/mol. The molecule has 0 radical (unpaired) electrons. The van der Waals surface area contributed by atoms with Gasteiger partial charge in [0.15, 0.2) is 0 Å². The molecule has 0 aromatic rings. The Kier molecular flexibility index (Phi) is 4.84. The molecular formula is C5H7IN2. The lowest BCUT2D eigenvalue weighted by Gasteiger charge is -1.76. The van der Waals surface area contributed by atoms with Crippen LogP contribution < -0.4 is 0 Å². The number of aliphatic imine (C=N–C) groups is 2. The van der Waals surface area contributed by atoms with Crippen molar-refractivity contribution in [1.29, 1.82) is 0 Å². The minimum Gasteiger partial charge on any atom is -0.253 e. The van der Waals surface area contributed by atoms with Crippen molar-refractivity contribution in [3.63, 3.8) is 0 Å². The fourth-order valence-corrected chi connectivity index (χ4v) is 0.344. The van der Waals surface area contributed by atoms with E-state index in [-0.39, 0.29) is 0 Å². The largest absolute Gasteiger partial charge is 0.253 e. The zero-order valence-electron chi connectivity index (χ0n) is 4.63. The highest BCUT2D eigenvalue weighted by Crippen LogP contribution is 2.01. The molecule has 0 fully saturated rings. The van der Waals surface area contributed by atoms with Crippen LogP contribution in [0.2, 0.25) is 0 Å². The second kappa shape index (κ2) is 4.96. The van der Waals surface area contributed by atoms with Gasteiger partial charge < -0.3 is 0 Å². The van der Waals surface area contributed by atoms with Gasteiger partial charge in [-0.2, -0.15) is 0 Å². The fourth-order valence-electron chi connectivity index (χ4n) is 0.183. The average molecular weight is 222 g/mol. The zero-order valence-corrected chi connectivity index (χ0v) is 6.79. The van der Waals surface area contributed by atoms with E-state index in [1.54, 1.807) is 6.20 Å². The molecule has 2 nitrogen and oxygen atoms in total. The molecule has 0 spiro atoms. The van der Waals surface area contributed by atoms with E-state index in [4.69, 9.17) is 0 Å². The van der Waals surface area contributed by atoms with Gasteiger partial charge in [-0.3, -0.25) is 4.99 Å². The third kappa shape index (κ3) is 5.81. The SMILES string of the molecule is C=N/C=N\C=C(/C)I. The van der Waals surface area contributed by atoms with Crippen LogP contribution in [0, 0.1) is 0 Å². The first-order valence-corrected chi connectivity index (χ1v) is 3.15. The number of rotatable bonds is 2. The maximum absolute atomic E-state index is 3.77. The summed E-state index contributed by atoms with van der Waals surface area (Å²) in [7, 11) is 0. The summed E-state index contributed by atoms with van der Waals surface area (Å²) >= 11 is 2.17. The van der Waals surface area contributed by atoms with Crippen molar-refractivity contribution in [2.75, 3.05) is 0 Å². The van der Waals surface area contributed by atoms with Gasteiger partial charge in [-0.15, -0.1) is 0 Å². The van der Waals surface area contributed by atoms with Crippen molar-refractivity contribution < 1.29 is 0 Å². The first kappa shape index (κ1) is 7.81. The van der Waals surface area contributed by atoms with Crippen LogP contribution in [0.15, 0.2) is 19.8 Å². The van der Waals surface area contributed by atoms with Gasteiger partial charge in [0.2, 0.25) is 0 Å². The van der Waals surface area contributed by atoms with Crippen LogP contribution in [0.4, 0.5) is 0 Å². The van der Waals surface area contributed by atoms with Crippen LogP contribution in [0.3, 0.4) is 0 Å². The second-order valence-corrected chi connectivity index (χ2v) is 2.86. The summed E-state index contributed by atoms with van der Waals surface area (Å²) in [5.74, 6) is 0. The van der Waals surface area contributed by atoms with Crippen LogP contribution in [-0.4, -0.2) is 13.1 Å². The molecule has 0 aromatic carbocycles. The fraction of sp³-hybridized carbons (Fsp3) is 0.200. The summed E-state index contributed by atoms with van der Waals surface area (Å²) < 4.78 is 1.13. The maximum atomic E-state index is 3.77. The summed E-state index contributed by atoms with van der Waals surface area (Å²) in [5.41, 5.74) is 0. The maximum Gasteiger partial charge on any atom is 0.114 e. The smallest absolute Gasteiger partial charge is 0.114 e. The Hall–Kier alpha value is -0.190. The van der Waals surface area contributed by atoms with Crippen molar-refractivity contribution >= 4 is 35.6 Å². The number of hydrogen-bond donors (Lipinski definition) is 0. The molecule has 3 heteroatoms. The lowest BCUT2D eigenvalue weighted by molar-refractivity contribution is 1.51. The van der Waals surface area contributed by atoms with Crippen molar-refractivity contribution in [3.05, 3.63) is 9.78 Å². The Bertz CT molecular complexity index is 122. The lowest BCUT2D eigenvalue weighted by atomic mass is 10.7. The highest BCUT2D eigenvalue weighted by atomic mass is 127. The zero-order chi connectivity index (χ0) is 6.41. The molecule has 0 rings (SSSR count). The van der Waals surface area contributed by atoms with Gasteiger partial charge in [0.1, 0.15) is 6.34 Å². The Morgan fingerprint density at radius 1 is 1.75 bits per heavy atom. The standard InChI is InChI=1S/C5H7IN2/c1-5(6)3-8-4-7-2/h3-4H,2H2,1H3/b5-3+,8-4-. The van der Waals surface area contributed by atoms with Gasteiger partial charge in [0.05, 0.1) is 0 Å². The third-order valence-corrected chi connectivity index (χ3v) is 0.679. The molecule has 0 N–H and O–H groups in total. The summed E-state index contributed by atoms with van der Waals surface area (Å²) in [4.78, 5) is 7.18. The van der Waals surface area contributed by atoms with E-state index in [1.807, 2.05) is 6.92 Å². The Morgan fingerprint density at radius 2 is 2.38 bits per heavy atom. The minimum atomic E-state index is 1.13. The van der Waals surface area contributed by atoms with Gasteiger partial charge in [0, 0.05) is 9.78 Å². The van der Waals surface area contributed by atoms with Crippen molar-refractivity contribution in [1.82, 2.24) is 0 Å². The van der Waals surface area contributed by atoms with Crippen LogP contribution in [-0.2, 0) is 0 Å². The Labute approximate surface area is 62.6 Å². The van der Waals surface area contributed by atoms with Crippen molar-refractivity contribution in [2.45, 2.75) is 6.92 Å². The van der Waals surface area contributed by atoms with Crippen molar-refractivity contribution in [3.8, 4) is 0 Å². The van der Waals surface area contributed by atoms with E-state index in [1.165, 1.54) is 6.34 Å². The number of allylic oxidation sites excluding steroid dienone is 1. The summed E-state index contributed by atoms with van der Waals surface area (Å²) in [6, 6.07) is 0. The molecule has 0 aliphatic heterocycles. The van der Waals surface area contributed by atoms with Gasteiger partial charge in [-0.05, 0) is 36.2 Å². The van der Waals surface area contributed by atoms with Gasteiger partial charge >= 0.3 is 0 Å². The number of halogens is 1. The van der Waals surface area contributed by atoms with Gasteiger partial charge in [-0.1, -0.05) is 0 Å². The van der Waals surface area contributed by atoms with Crippen LogP contribution in [0.1, 0.15) is 6.92 Å². The molecule has 0 aromatic heterocycles. The van der Waals surface area contributed by atoms with E-state index in [9.17, 15) is 0 Å². The number of nitrogens with zero attached hydrogens (tertiary/aromatic N) is 2. The van der Waals surface area contributed by atoms with Crippen LogP contribution in [0.5, 0.6) is 0 Å². The molecule has 0 heterocycles. The van der Waals surface area contributed by atoms with Crippen molar-refractivity contribution in [2.24, 2.45) is 9.98 Å². The lowest BCUT2D eigenvalue weighted by Crippen LogP contribution is -1.59. The normalized spacial score (nSPS) is 12.5. The van der Waals surface area contributed by atoms with E-state index < -0.39 is 0 Å². The first-order chi connectivity index (χ1) is 3.77. The van der Waals surface area contributed by atoms with Gasteiger partial charge in [0.25, 0.3) is 0 Å². The molecule has 0 bridgehead atoms. The third-order valence-electron chi connectivity index (χ3n) is 0.401. The predicted octanol–water partition coefficient (Wildman–Crippen LogP) is 2.01. The molecular weight excluding hydrogens is 215 g/mol. The first-order valence-electron chi connectivity index (χ1n) is 2.07. The Balaban J connectivity index is 3.57. The topological polar surface area (TPSA) is 24.7 Å². The molecule has 0 aliphatic carbocycles. The van der Waals surface area contributed by atoms with E-state index in [0.717, 1.165) is 3.58 Å². The average Bonchev–Trinajstić information content (AvgIpc) is 1.66. The Morgan fingerprint density at radius 3 is 2.75 bits per heavy atom. The molecule has 44 valence electrons. The molecule has 0 atom stereocenters. The second-order valence-electron chi connectivity index (χ2n) is 1.16. The molecule has 0 unspecified atom stereocenters. The van der Waals surface area contributed by atoms with Gasteiger partial charge in [-0.25, -0.2) is 4.99 Å². The minimum absolute atomic E-state index is 1.13. The summed E-state index contributed by atoms with van der Waals surface area (Å²) in [6.07, 6.45) is 3.12.